The van der Waals surface area contributed by atoms with Gasteiger partial charge in [-0.15, -0.1) is 0 Å². The summed E-state index contributed by atoms with van der Waals surface area (Å²) >= 11 is 5.95. The van der Waals surface area contributed by atoms with Crippen LogP contribution < -0.4 is 5.73 Å². The number of halogens is 1. The van der Waals surface area contributed by atoms with E-state index in [1.165, 1.54) is 0 Å². The normalized spacial score (nSPS) is 25.4. The predicted molar refractivity (Wildman–Crippen MR) is 79.6 cm³/mol. The third-order valence-corrected chi connectivity index (χ3v) is 6.16. The van der Waals surface area contributed by atoms with Crippen LogP contribution in [-0.2, 0) is 9.84 Å². The molecule has 3 atom stereocenters. The van der Waals surface area contributed by atoms with Gasteiger partial charge in [-0.25, -0.2) is 8.42 Å². The third-order valence-electron chi connectivity index (χ3n) is 3.67. The molecule has 1 aliphatic rings. The van der Waals surface area contributed by atoms with Crippen LogP contribution >= 0.6 is 11.6 Å². The highest BCUT2D eigenvalue weighted by atomic mass is 35.5. The Kier molecular flexibility index (Phi) is 3.32. The second kappa shape index (κ2) is 4.88. The summed E-state index contributed by atoms with van der Waals surface area (Å²) in [5.41, 5.74) is 6.88. The van der Waals surface area contributed by atoms with Crippen molar-refractivity contribution in [1.29, 1.82) is 0 Å². The maximum atomic E-state index is 12.6. The fraction of sp³-hybridized carbons (Fsp3) is 0.200. The molecule has 1 aliphatic carbocycles. The Morgan fingerprint density at radius 1 is 1.00 bits per heavy atom. The lowest BCUT2D eigenvalue weighted by Gasteiger charge is -2.04. The molecule has 2 aromatic carbocycles. The minimum atomic E-state index is -3.39. The lowest BCUT2D eigenvalue weighted by atomic mass is 10.1. The third kappa shape index (κ3) is 2.24. The summed E-state index contributed by atoms with van der Waals surface area (Å²) in [5, 5.41) is 0.0285. The Hall–Kier alpha value is -1.36. The van der Waals surface area contributed by atoms with Gasteiger partial charge in [0.2, 0.25) is 0 Å². The van der Waals surface area contributed by atoms with E-state index in [1.54, 1.807) is 42.5 Å². The van der Waals surface area contributed by atoms with Crippen LogP contribution in [0.1, 0.15) is 11.5 Å². The fourth-order valence-corrected chi connectivity index (χ4v) is 4.86. The summed E-state index contributed by atoms with van der Waals surface area (Å²) in [4.78, 5) is 0.324. The standard InChI is InChI=1S/C15H14ClNO2S/c16-11-6-4-5-10(9-11)13-14(17)15(13)20(18,19)12-7-2-1-3-8-12/h1-9,13-15H,17H2. The zero-order chi connectivity index (χ0) is 14.3. The molecule has 0 heterocycles. The molecular formula is C15H14ClNO2S. The summed E-state index contributed by atoms with van der Waals surface area (Å²) in [7, 11) is -3.39. The zero-order valence-electron chi connectivity index (χ0n) is 10.6. The number of benzene rings is 2. The SMILES string of the molecule is NC1C(c2cccc(Cl)c2)C1S(=O)(=O)c1ccccc1. The van der Waals surface area contributed by atoms with E-state index >= 15 is 0 Å². The van der Waals surface area contributed by atoms with E-state index < -0.39 is 15.1 Å². The summed E-state index contributed by atoms with van der Waals surface area (Å²) in [6.07, 6.45) is 0. The van der Waals surface area contributed by atoms with Gasteiger partial charge < -0.3 is 5.73 Å². The molecule has 1 fully saturated rings. The van der Waals surface area contributed by atoms with Crippen LogP contribution in [0.4, 0.5) is 0 Å². The van der Waals surface area contributed by atoms with Crippen LogP contribution in [-0.4, -0.2) is 19.7 Å². The number of sulfone groups is 1. The number of hydrogen-bond donors (Lipinski definition) is 1. The molecule has 2 aromatic rings. The Balaban J connectivity index is 1.94. The molecule has 20 heavy (non-hydrogen) atoms. The topological polar surface area (TPSA) is 60.2 Å². The highest BCUT2D eigenvalue weighted by molar-refractivity contribution is 7.92. The molecule has 0 amide bonds. The van der Waals surface area contributed by atoms with E-state index in [4.69, 9.17) is 17.3 Å². The first-order valence-corrected chi connectivity index (χ1v) is 8.24. The van der Waals surface area contributed by atoms with Crippen LogP contribution in [0, 0.1) is 0 Å². The Bertz CT molecular complexity index is 731. The van der Waals surface area contributed by atoms with Gasteiger partial charge in [0.25, 0.3) is 0 Å². The molecule has 0 aromatic heterocycles. The molecule has 0 saturated heterocycles. The lowest BCUT2D eigenvalue weighted by molar-refractivity contribution is 0.593. The molecule has 0 aliphatic heterocycles. The van der Waals surface area contributed by atoms with Crippen LogP contribution in [0.15, 0.2) is 59.5 Å². The quantitative estimate of drug-likeness (QED) is 0.948. The minimum Gasteiger partial charge on any atom is -0.326 e. The van der Waals surface area contributed by atoms with E-state index in [2.05, 4.69) is 0 Å². The molecular weight excluding hydrogens is 294 g/mol. The second-order valence-electron chi connectivity index (χ2n) is 4.98. The largest absolute Gasteiger partial charge is 0.326 e. The van der Waals surface area contributed by atoms with Gasteiger partial charge in [-0.2, -0.15) is 0 Å². The van der Waals surface area contributed by atoms with Crippen LogP contribution in [0.5, 0.6) is 0 Å². The number of nitrogens with two attached hydrogens (primary N) is 1. The van der Waals surface area contributed by atoms with Gasteiger partial charge in [0.05, 0.1) is 10.1 Å². The van der Waals surface area contributed by atoms with E-state index in [1.807, 2.05) is 12.1 Å². The Labute approximate surface area is 123 Å². The fourth-order valence-electron chi connectivity index (χ4n) is 2.60. The smallest absolute Gasteiger partial charge is 0.183 e. The van der Waals surface area contributed by atoms with E-state index in [9.17, 15) is 8.42 Å². The van der Waals surface area contributed by atoms with Crippen molar-refractivity contribution >= 4 is 21.4 Å². The summed E-state index contributed by atoms with van der Waals surface area (Å²) in [6, 6.07) is 15.3. The first kappa shape index (κ1) is 13.6. The molecule has 2 N–H and O–H groups in total. The minimum absolute atomic E-state index is 0.182. The Morgan fingerprint density at radius 2 is 1.70 bits per heavy atom. The van der Waals surface area contributed by atoms with Crippen LogP contribution in [0.2, 0.25) is 5.02 Å². The van der Waals surface area contributed by atoms with Crippen LogP contribution in [0.3, 0.4) is 0 Å². The molecule has 3 rings (SSSR count). The first-order valence-electron chi connectivity index (χ1n) is 6.32. The zero-order valence-corrected chi connectivity index (χ0v) is 12.2. The van der Waals surface area contributed by atoms with E-state index in [0.29, 0.717) is 9.92 Å². The monoisotopic (exact) mass is 307 g/mol. The lowest BCUT2D eigenvalue weighted by Crippen LogP contribution is -2.15. The van der Waals surface area contributed by atoms with Gasteiger partial charge >= 0.3 is 0 Å². The van der Waals surface area contributed by atoms with Crippen molar-refractivity contribution in [2.45, 2.75) is 22.1 Å². The molecule has 104 valence electrons. The second-order valence-corrected chi connectivity index (χ2v) is 7.52. The molecule has 1 saturated carbocycles. The maximum absolute atomic E-state index is 12.6. The van der Waals surface area contributed by atoms with Crippen molar-refractivity contribution < 1.29 is 8.42 Å². The van der Waals surface area contributed by atoms with Gasteiger partial charge in [-0.05, 0) is 29.8 Å². The molecule has 3 nitrogen and oxygen atoms in total. The van der Waals surface area contributed by atoms with Crippen molar-refractivity contribution in [1.82, 2.24) is 0 Å². The molecule has 5 heteroatoms. The average molecular weight is 308 g/mol. The summed E-state index contributed by atoms with van der Waals surface area (Å²) in [6.45, 7) is 0. The average Bonchev–Trinajstić information content (AvgIpc) is 3.12. The van der Waals surface area contributed by atoms with Gasteiger partial charge in [0.15, 0.2) is 9.84 Å². The van der Waals surface area contributed by atoms with E-state index in [-0.39, 0.29) is 12.0 Å². The predicted octanol–water partition coefficient (Wildman–Crippen LogP) is 2.61. The summed E-state index contributed by atoms with van der Waals surface area (Å²) < 4.78 is 25.1. The Morgan fingerprint density at radius 3 is 2.35 bits per heavy atom. The van der Waals surface area contributed by atoms with Crippen molar-refractivity contribution in [3.05, 3.63) is 65.2 Å². The highest BCUT2D eigenvalue weighted by Crippen LogP contribution is 2.47. The van der Waals surface area contributed by atoms with Gasteiger partial charge in [-0.1, -0.05) is 41.9 Å². The van der Waals surface area contributed by atoms with Gasteiger partial charge in [0.1, 0.15) is 0 Å². The molecule has 0 spiro atoms. The van der Waals surface area contributed by atoms with E-state index in [0.717, 1.165) is 5.56 Å². The molecule has 3 unspecified atom stereocenters. The number of rotatable bonds is 3. The molecule has 0 bridgehead atoms. The van der Waals surface area contributed by atoms with Gasteiger partial charge in [0, 0.05) is 17.0 Å². The van der Waals surface area contributed by atoms with Crippen molar-refractivity contribution in [2.24, 2.45) is 5.73 Å². The van der Waals surface area contributed by atoms with Crippen LogP contribution in [0.25, 0.3) is 0 Å². The van der Waals surface area contributed by atoms with Crippen molar-refractivity contribution in [3.8, 4) is 0 Å². The summed E-state index contributed by atoms with van der Waals surface area (Å²) in [5.74, 6) is -0.182. The first-order chi connectivity index (χ1) is 9.51. The number of hydrogen-bond acceptors (Lipinski definition) is 3. The maximum Gasteiger partial charge on any atom is 0.183 e. The van der Waals surface area contributed by atoms with Crippen molar-refractivity contribution in [3.63, 3.8) is 0 Å². The van der Waals surface area contributed by atoms with Crippen molar-refractivity contribution in [2.75, 3.05) is 0 Å². The highest BCUT2D eigenvalue weighted by Gasteiger charge is 2.57. The van der Waals surface area contributed by atoms with Gasteiger partial charge in [-0.3, -0.25) is 0 Å². The molecule has 0 radical (unpaired) electrons.